The number of aromatic nitrogens is 1. The fourth-order valence-electron chi connectivity index (χ4n) is 3.64. The van der Waals surface area contributed by atoms with Gasteiger partial charge in [-0.25, -0.2) is 13.2 Å². The van der Waals surface area contributed by atoms with Gasteiger partial charge in [-0.3, -0.25) is 4.79 Å². The molecule has 4 rings (SSSR count). The Morgan fingerprint density at radius 2 is 1.86 bits per heavy atom. The summed E-state index contributed by atoms with van der Waals surface area (Å²) in [6, 6.07) is 14.2. The van der Waals surface area contributed by atoms with Gasteiger partial charge in [0.05, 0.1) is 17.6 Å². The van der Waals surface area contributed by atoms with Crippen LogP contribution in [0, 0.1) is 23.5 Å². The molecular weight excluding hydrogens is 377 g/mol. The molecule has 2 N–H and O–H groups in total. The van der Waals surface area contributed by atoms with E-state index in [0.717, 1.165) is 11.6 Å². The van der Waals surface area contributed by atoms with E-state index >= 15 is 0 Å². The minimum atomic E-state index is -1.50. The minimum Gasteiger partial charge on any atom is -0.366 e. The van der Waals surface area contributed by atoms with Crippen LogP contribution in [0.15, 0.2) is 42.5 Å². The number of nitrogens with zero attached hydrogens (tertiary/aromatic N) is 1. The number of nitrogens with two attached hydrogens (primary N) is 1. The molecule has 0 aliphatic heterocycles. The number of carbonyl (C=O) groups is 1. The number of fused-ring (bicyclic) bond motifs is 3. The molecule has 29 heavy (non-hydrogen) atoms. The van der Waals surface area contributed by atoms with Crippen LogP contribution < -0.4 is 5.73 Å². The predicted molar refractivity (Wildman–Crippen MR) is 106 cm³/mol. The van der Waals surface area contributed by atoms with Crippen LogP contribution in [0.1, 0.15) is 41.3 Å². The van der Waals surface area contributed by atoms with Gasteiger partial charge in [0.1, 0.15) is 0 Å². The van der Waals surface area contributed by atoms with Gasteiger partial charge in [-0.15, -0.1) is 0 Å². The maximum Gasteiger partial charge on any atom is 0.249 e. The number of hydrogen-bond donors (Lipinski definition) is 1. The molecule has 0 bridgehead atoms. The van der Waals surface area contributed by atoms with Gasteiger partial charge in [0.25, 0.3) is 0 Å². The molecule has 147 valence electrons. The van der Waals surface area contributed by atoms with Crippen LogP contribution in [0.5, 0.6) is 0 Å². The van der Waals surface area contributed by atoms with Crippen LogP contribution in [0.2, 0.25) is 0 Å². The molecule has 0 atom stereocenters. The van der Waals surface area contributed by atoms with Crippen LogP contribution >= 0.6 is 0 Å². The molecule has 0 unspecified atom stereocenters. The van der Waals surface area contributed by atoms with Crippen molar-refractivity contribution in [1.29, 1.82) is 0 Å². The lowest BCUT2D eigenvalue weighted by atomic mass is 10.00. The third-order valence-corrected chi connectivity index (χ3v) is 5.19. The van der Waals surface area contributed by atoms with Crippen LogP contribution in [-0.2, 0) is 6.54 Å². The molecule has 6 heteroatoms. The zero-order valence-electron chi connectivity index (χ0n) is 15.9. The van der Waals surface area contributed by atoms with Crippen molar-refractivity contribution in [2.45, 2.75) is 26.3 Å². The molecule has 0 aliphatic rings. The highest BCUT2D eigenvalue weighted by Crippen LogP contribution is 2.34. The first-order chi connectivity index (χ1) is 13.8. The van der Waals surface area contributed by atoms with Crippen LogP contribution in [0.25, 0.3) is 21.8 Å². The summed E-state index contributed by atoms with van der Waals surface area (Å²) in [5.41, 5.74) is 8.24. The molecule has 0 saturated heterocycles. The van der Waals surface area contributed by atoms with E-state index in [4.69, 9.17) is 5.73 Å². The van der Waals surface area contributed by atoms with Crippen molar-refractivity contribution in [3.05, 3.63) is 82.7 Å². The van der Waals surface area contributed by atoms with Crippen molar-refractivity contribution in [2.75, 3.05) is 0 Å². The topological polar surface area (TPSA) is 48.0 Å². The van der Waals surface area contributed by atoms with E-state index in [0.29, 0.717) is 27.4 Å². The summed E-state index contributed by atoms with van der Waals surface area (Å²) in [4.78, 5) is 12.0. The molecular formula is C23H18F3N2O. The normalized spacial score (nSPS) is 11.7. The quantitative estimate of drug-likeness (QED) is 0.470. The van der Waals surface area contributed by atoms with Crippen molar-refractivity contribution in [3.8, 4) is 0 Å². The van der Waals surface area contributed by atoms with Crippen molar-refractivity contribution in [1.82, 2.24) is 4.57 Å². The average Bonchev–Trinajstić information content (AvgIpc) is 3.01. The van der Waals surface area contributed by atoms with Gasteiger partial charge in [0, 0.05) is 21.9 Å². The Kier molecular flexibility index (Phi) is 4.57. The second kappa shape index (κ2) is 6.95. The second-order valence-corrected chi connectivity index (χ2v) is 7.33. The summed E-state index contributed by atoms with van der Waals surface area (Å²) in [6.45, 7) is 4.03. The van der Waals surface area contributed by atoms with Crippen LogP contribution in [0.4, 0.5) is 13.2 Å². The molecule has 1 amide bonds. The second-order valence-electron chi connectivity index (χ2n) is 7.33. The number of amides is 1. The Bertz CT molecular complexity index is 1270. The van der Waals surface area contributed by atoms with Gasteiger partial charge in [0.15, 0.2) is 17.5 Å². The largest absolute Gasteiger partial charge is 0.366 e. The van der Waals surface area contributed by atoms with Crippen molar-refractivity contribution >= 4 is 27.7 Å². The molecule has 3 nitrogen and oxygen atoms in total. The van der Waals surface area contributed by atoms with E-state index in [1.165, 1.54) is 6.07 Å². The van der Waals surface area contributed by atoms with E-state index < -0.39 is 23.4 Å². The fourth-order valence-corrected chi connectivity index (χ4v) is 3.64. The van der Waals surface area contributed by atoms with Crippen LogP contribution in [-0.4, -0.2) is 10.5 Å². The number of primary amides is 1. The third-order valence-electron chi connectivity index (χ3n) is 5.19. The first-order valence-corrected chi connectivity index (χ1v) is 9.18. The number of rotatable bonds is 4. The van der Waals surface area contributed by atoms with Gasteiger partial charge >= 0.3 is 0 Å². The fraction of sp³-hybridized carbons (Fsp3) is 0.174. The smallest absolute Gasteiger partial charge is 0.249 e. The van der Waals surface area contributed by atoms with E-state index in [2.05, 4.69) is 6.07 Å². The van der Waals surface area contributed by atoms with E-state index in [1.807, 2.05) is 26.0 Å². The lowest BCUT2D eigenvalue weighted by Crippen LogP contribution is -2.11. The van der Waals surface area contributed by atoms with Gasteiger partial charge < -0.3 is 10.3 Å². The molecule has 3 aromatic carbocycles. The Morgan fingerprint density at radius 1 is 1.10 bits per heavy atom. The van der Waals surface area contributed by atoms with Crippen molar-refractivity contribution in [3.63, 3.8) is 0 Å². The standard InChI is InChI=1S/C23H18F3N2O/c1-12(2)13-6-8-15-19(10-13)28(11-14-7-9-17(24)22(26)21(14)25)18-5-3-4-16(20(15)18)23(27)29/h3-7,9-10,12H,11H2,1-2H3,(H2,27,29). The lowest BCUT2D eigenvalue weighted by Gasteiger charge is -2.11. The summed E-state index contributed by atoms with van der Waals surface area (Å²) >= 11 is 0. The zero-order chi connectivity index (χ0) is 20.9. The number of halogens is 3. The SMILES string of the molecule is CC(C)c1c[c]c2c3c(C(N)=O)cccc3n(Cc3ccc(F)c(F)c3F)c2c1. The highest BCUT2D eigenvalue weighted by atomic mass is 19.2. The summed E-state index contributed by atoms with van der Waals surface area (Å²) < 4.78 is 43.2. The molecule has 1 aromatic heterocycles. The Morgan fingerprint density at radius 3 is 2.55 bits per heavy atom. The minimum absolute atomic E-state index is 0.00197. The molecule has 0 fully saturated rings. The number of hydrogen-bond acceptors (Lipinski definition) is 1. The maximum absolute atomic E-state index is 14.4. The maximum atomic E-state index is 14.4. The van der Waals surface area contributed by atoms with Gasteiger partial charge in [-0.1, -0.05) is 32.0 Å². The van der Waals surface area contributed by atoms with Gasteiger partial charge in [-0.2, -0.15) is 0 Å². The highest BCUT2D eigenvalue weighted by Gasteiger charge is 2.20. The summed E-state index contributed by atoms with van der Waals surface area (Å²) in [7, 11) is 0. The zero-order valence-corrected chi connectivity index (χ0v) is 15.9. The highest BCUT2D eigenvalue weighted by molar-refractivity contribution is 6.17. The van der Waals surface area contributed by atoms with Crippen molar-refractivity contribution < 1.29 is 18.0 Å². The van der Waals surface area contributed by atoms with E-state index in [9.17, 15) is 18.0 Å². The van der Waals surface area contributed by atoms with Gasteiger partial charge in [-0.05, 0) is 41.8 Å². The van der Waals surface area contributed by atoms with E-state index in [-0.39, 0.29) is 18.0 Å². The first-order valence-electron chi connectivity index (χ1n) is 9.18. The van der Waals surface area contributed by atoms with Crippen molar-refractivity contribution in [2.24, 2.45) is 5.73 Å². The van der Waals surface area contributed by atoms with Gasteiger partial charge in [0.2, 0.25) is 5.91 Å². The summed E-state index contributed by atoms with van der Waals surface area (Å²) in [5.74, 6) is -4.33. The van der Waals surface area contributed by atoms with Crippen LogP contribution in [0.3, 0.4) is 0 Å². The number of carbonyl (C=O) groups excluding carboxylic acids is 1. The Hall–Kier alpha value is -3.28. The Labute approximate surface area is 165 Å². The molecule has 1 radical (unpaired) electrons. The third kappa shape index (κ3) is 3.05. The predicted octanol–water partition coefficient (Wildman–Crippen LogP) is 5.28. The molecule has 0 saturated carbocycles. The first kappa shape index (κ1) is 19.1. The average molecular weight is 395 g/mol. The molecule has 4 aromatic rings. The summed E-state index contributed by atoms with van der Waals surface area (Å²) in [5, 5.41) is 1.27. The van der Waals surface area contributed by atoms with E-state index in [1.54, 1.807) is 22.8 Å². The molecule has 0 spiro atoms. The monoisotopic (exact) mass is 395 g/mol. The lowest BCUT2D eigenvalue weighted by molar-refractivity contribution is 0.100. The number of benzene rings is 3. The molecule has 0 aliphatic carbocycles. The molecule has 1 heterocycles. The Balaban J connectivity index is 2.05. The summed E-state index contributed by atoms with van der Waals surface area (Å²) in [6.07, 6.45) is 0.